The highest BCUT2D eigenvalue weighted by molar-refractivity contribution is 8.00. The number of unbranched alkanes of at least 4 members (excludes halogenated alkanes) is 1. The molecule has 0 amide bonds. The molecule has 2 N–H and O–H groups in total. The molecule has 9 heteroatoms. The van der Waals surface area contributed by atoms with Gasteiger partial charge in [-0.3, -0.25) is 9.59 Å². The smallest absolute Gasteiger partial charge is 0.323 e. The van der Waals surface area contributed by atoms with E-state index in [4.69, 9.17) is 26.2 Å². The first-order valence-corrected chi connectivity index (χ1v) is 13.7. The second-order valence-corrected chi connectivity index (χ2v) is 10.1. The van der Waals surface area contributed by atoms with Crippen LogP contribution in [0.5, 0.6) is 11.5 Å². The van der Waals surface area contributed by atoms with Crippen molar-refractivity contribution in [1.29, 1.82) is 0 Å². The normalized spacial score (nSPS) is 11.2. The molecule has 39 heavy (non-hydrogen) atoms. The van der Waals surface area contributed by atoms with E-state index in [1.165, 1.54) is 11.8 Å². The molecule has 0 unspecified atom stereocenters. The van der Waals surface area contributed by atoms with Gasteiger partial charge in [0.05, 0.1) is 29.5 Å². The van der Waals surface area contributed by atoms with Crippen molar-refractivity contribution in [3.63, 3.8) is 0 Å². The van der Waals surface area contributed by atoms with Crippen LogP contribution in [0.2, 0.25) is 5.02 Å². The van der Waals surface area contributed by atoms with Gasteiger partial charge in [0.2, 0.25) is 0 Å². The van der Waals surface area contributed by atoms with E-state index in [1.54, 1.807) is 16.8 Å². The van der Waals surface area contributed by atoms with E-state index in [9.17, 15) is 14.7 Å². The van der Waals surface area contributed by atoms with Gasteiger partial charge >= 0.3 is 11.9 Å². The minimum Gasteiger partial charge on any atom is -0.494 e. The number of rotatable bonds is 14. The zero-order chi connectivity index (χ0) is 27.6. The van der Waals surface area contributed by atoms with Crippen LogP contribution in [0.3, 0.4) is 0 Å². The second kappa shape index (κ2) is 13.8. The number of hydrogen-bond donors (Lipinski definition) is 2. The largest absolute Gasteiger partial charge is 0.494 e. The fourth-order valence-electron chi connectivity index (χ4n) is 4.02. The number of ether oxygens (including phenoxy) is 2. The van der Waals surface area contributed by atoms with Crippen LogP contribution in [0.4, 0.5) is 0 Å². The number of fused-ring (bicyclic) bond motifs is 1. The van der Waals surface area contributed by atoms with Crippen molar-refractivity contribution >= 4 is 58.4 Å². The fraction of sp³-hybridized carbons (Fsp3) is 0.200. The molecule has 3 aromatic carbocycles. The summed E-state index contributed by atoms with van der Waals surface area (Å²) in [6, 6.07) is 20.8. The molecule has 4 aromatic rings. The Bertz CT molecular complexity index is 1460. The number of carboxylic acids is 2. The summed E-state index contributed by atoms with van der Waals surface area (Å²) in [5, 5.41) is 19.9. The summed E-state index contributed by atoms with van der Waals surface area (Å²) in [4.78, 5) is 23.2. The lowest BCUT2D eigenvalue weighted by molar-refractivity contribution is -0.137. The monoisotopic (exact) mass is 565 g/mol. The lowest BCUT2D eigenvalue weighted by Crippen LogP contribution is -2.07. The molecule has 0 saturated carbocycles. The number of carbonyl (C=O) groups is 2. The van der Waals surface area contributed by atoms with E-state index in [-0.39, 0.29) is 12.3 Å². The van der Waals surface area contributed by atoms with Gasteiger partial charge in [-0.2, -0.15) is 0 Å². The Hall–Kier alpha value is -3.88. The van der Waals surface area contributed by atoms with Crippen LogP contribution >= 0.6 is 23.4 Å². The number of carboxylic acid groups (broad SMARTS) is 2. The summed E-state index contributed by atoms with van der Waals surface area (Å²) in [7, 11) is 0. The molecule has 0 aliphatic heterocycles. The summed E-state index contributed by atoms with van der Waals surface area (Å²) in [5.41, 5.74) is 2.56. The number of nitrogens with zero attached hydrogens (tertiary/aromatic N) is 1. The van der Waals surface area contributed by atoms with Crippen molar-refractivity contribution in [2.45, 2.75) is 24.3 Å². The van der Waals surface area contributed by atoms with Crippen LogP contribution in [0, 0.1) is 0 Å². The lowest BCUT2D eigenvalue weighted by Gasteiger charge is -2.09. The summed E-state index contributed by atoms with van der Waals surface area (Å²) >= 11 is 7.27. The van der Waals surface area contributed by atoms with Gasteiger partial charge in [-0.15, -0.1) is 11.8 Å². The topological polar surface area (TPSA) is 98.0 Å². The zero-order valence-electron chi connectivity index (χ0n) is 21.1. The van der Waals surface area contributed by atoms with Gasteiger partial charge in [-0.05, 0) is 48.2 Å². The number of aliphatic carboxylic acids is 2. The first kappa shape index (κ1) is 28.1. The Morgan fingerprint density at radius 2 is 1.62 bits per heavy atom. The quantitative estimate of drug-likeness (QED) is 0.0968. The maximum absolute atomic E-state index is 11.4. The highest BCUT2D eigenvalue weighted by Gasteiger charge is 2.14. The number of hydrogen-bond acceptors (Lipinski definition) is 5. The molecule has 0 aliphatic carbocycles. The van der Waals surface area contributed by atoms with Gasteiger partial charge in [0, 0.05) is 16.5 Å². The molecule has 202 valence electrons. The first-order valence-electron chi connectivity index (χ1n) is 12.4. The van der Waals surface area contributed by atoms with Gasteiger partial charge in [-0.1, -0.05) is 66.2 Å². The molecule has 0 saturated heterocycles. The molecule has 0 radical (unpaired) electrons. The summed E-state index contributed by atoms with van der Waals surface area (Å²) in [6.45, 7) is 0.929. The Balaban J connectivity index is 1.35. The Morgan fingerprint density at radius 1 is 0.872 bits per heavy atom. The van der Waals surface area contributed by atoms with E-state index in [0.717, 1.165) is 45.5 Å². The van der Waals surface area contributed by atoms with Crippen molar-refractivity contribution in [3.05, 3.63) is 89.1 Å². The summed E-state index contributed by atoms with van der Waals surface area (Å²) < 4.78 is 13.2. The predicted molar refractivity (Wildman–Crippen MR) is 155 cm³/mol. The third-order valence-electron chi connectivity index (χ3n) is 5.79. The molecular formula is C30H28ClNO6S. The SMILES string of the molecule is O=C(O)CSc1cn(CC(=O)O)c2c(/C=C/c3ccc(OCCCCOc4ccccc4Cl)cc3)cccc12. The van der Waals surface area contributed by atoms with Gasteiger partial charge in [0.15, 0.2) is 0 Å². The second-order valence-electron chi connectivity index (χ2n) is 8.68. The molecule has 0 atom stereocenters. The molecule has 1 aromatic heterocycles. The number of thioether (sulfide) groups is 1. The third-order valence-corrected chi connectivity index (χ3v) is 7.13. The van der Waals surface area contributed by atoms with Crippen molar-refractivity contribution in [1.82, 2.24) is 4.57 Å². The minimum atomic E-state index is -0.968. The van der Waals surface area contributed by atoms with Crippen LogP contribution < -0.4 is 9.47 Å². The van der Waals surface area contributed by atoms with Crippen molar-refractivity contribution in [2.75, 3.05) is 19.0 Å². The van der Waals surface area contributed by atoms with Crippen LogP contribution in [0.15, 0.2) is 77.8 Å². The molecule has 1 heterocycles. The standard InChI is InChI=1S/C30H28ClNO6S/c31-25-8-1-2-9-26(25)38-17-4-3-16-37-23-14-11-21(12-15-23)10-13-22-6-5-7-24-27(39-20-29(35)36)18-32(30(22)24)19-28(33)34/h1-2,5-15,18H,3-4,16-17,19-20H2,(H,33,34)(H,35,36)/b13-10+. The van der Waals surface area contributed by atoms with Crippen LogP contribution in [-0.2, 0) is 16.1 Å². The zero-order valence-corrected chi connectivity index (χ0v) is 22.7. The lowest BCUT2D eigenvalue weighted by atomic mass is 10.1. The highest BCUT2D eigenvalue weighted by Crippen LogP contribution is 2.33. The number of halogens is 1. The predicted octanol–water partition coefficient (Wildman–Crippen LogP) is 6.96. The maximum atomic E-state index is 11.4. The fourth-order valence-corrected chi connectivity index (χ4v) is 5.01. The van der Waals surface area contributed by atoms with E-state index >= 15 is 0 Å². The van der Waals surface area contributed by atoms with Crippen LogP contribution in [0.1, 0.15) is 24.0 Å². The number of para-hydroxylation sites is 2. The number of aromatic nitrogens is 1. The average Bonchev–Trinajstić information content (AvgIpc) is 3.27. The van der Waals surface area contributed by atoms with Gasteiger partial charge in [-0.25, -0.2) is 0 Å². The van der Waals surface area contributed by atoms with Crippen LogP contribution in [0.25, 0.3) is 23.1 Å². The molecule has 0 bridgehead atoms. The Morgan fingerprint density at radius 3 is 2.33 bits per heavy atom. The third kappa shape index (κ3) is 8.05. The summed E-state index contributed by atoms with van der Waals surface area (Å²) in [5.74, 6) is -0.532. The van der Waals surface area contributed by atoms with E-state index in [1.807, 2.05) is 72.8 Å². The first-order chi connectivity index (χ1) is 18.9. The van der Waals surface area contributed by atoms with Gasteiger partial charge in [0.25, 0.3) is 0 Å². The molecular weight excluding hydrogens is 538 g/mol. The van der Waals surface area contributed by atoms with E-state index in [0.29, 0.717) is 24.0 Å². The van der Waals surface area contributed by atoms with Crippen molar-refractivity contribution < 1.29 is 29.3 Å². The van der Waals surface area contributed by atoms with Gasteiger partial charge < -0.3 is 24.3 Å². The molecule has 0 aliphatic rings. The molecule has 4 rings (SSSR count). The maximum Gasteiger partial charge on any atom is 0.323 e. The molecule has 7 nitrogen and oxygen atoms in total. The Labute approximate surface area is 235 Å². The van der Waals surface area contributed by atoms with Crippen molar-refractivity contribution in [3.8, 4) is 11.5 Å². The molecule has 0 fully saturated rings. The van der Waals surface area contributed by atoms with Gasteiger partial charge in [0.1, 0.15) is 18.0 Å². The average molecular weight is 566 g/mol. The highest BCUT2D eigenvalue weighted by atomic mass is 35.5. The van der Waals surface area contributed by atoms with Crippen molar-refractivity contribution in [2.24, 2.45) is 0 Å². The summed E-state index contributed by atoms with van der Waals surface area (Å²) in [6.07, 6.45) is 7.28. The Kier molecular flexibility index (Phi) is 9.94. The van der Waals surface area contributed by atoms with E-state index < -0.39 is 11.9 Å². The molecule has 0 spiro atoms. The van der Waals surface area contributed by atoms with E-state index in [2.05, 4.69) is 0 Å². The number of benzene rings is 3. The minimum absolute atomic E-state index is 0.100. The van der Waals surface area contributed by atoms with Crippen LogP contribution in [-0.4, -0.2) is 45.7 Å².